The van der Waals surface area contributed by atoms with Gasteiger partial charge in [0.05, 0.1) is 41.7 Å². The number of carbonyl (C=O) groups excluding carboxylic acids is 1. The van der Waals surface area contributed by atoms with Crippen molar-refractivity contribution in [2.75, 3.05) is 19.8 Å². The number of hydrogen-bond donors (Lipinski definition) is 0. The molecule has 1 aliphatic heterocycles. The van der Waals surface area contributed by atoms with Crippen LogP contribution in [-0.2, 0) is 9.53 Å². The fraction of sp³-hybridized carbons (Fsp3) is 0.296. The summed E-state index contributed by atoms with van der Waals surface area (Å²) in [5.41, 5.74) is 2.26. The number of rotatable bonds is 8. The molecule has 0 aliphatic carbocycles. The second-order valence-corrected chi connectivity index (χ2v) is 10.2. The molecular weight excluding hydrogens is 591 g/mol. The number of ether oxygens (including phenoxy) is 3. The van der Waals surface area contributed by atoms with E-state index in [1.54, 1.807) is 18.4 Å². The third kappa shape index (κ3) is 5.27. The van der Waals surface area contributed by atoms with E-state index in [9.17, 15) is 9.59 Å². The van der Waals surface area contributed by atoms with E-state index in [1.165, 1.54) is 11.3 Å². The third-order valence-electron chi connectivity index (χ3n) is 5.57. The van der Waals surface area contributed by atoms with E-state index in [0.29, 0.717) is 50.9 Å². The Bertz CT molecular complexity index is 1490. The minimum Gasteiger partial charge on any atom is -0.490 e. The number of fused-ring (bicyclic) bond motifs is 1. The molecule has 1 aromatic heterocycles. The molecule has 9 heteroatoms. The van der Waals surface area contributed by atoms with Crippen LogP contribution in [0.1, 0.15) is 44.9 Å². The van der Waals surface area contributed by atoms with Crippen LogP contribution in [0.3, 0.4) is 0 Å². The highest BCUT2D eigenvalue weighted by Crippen LogP contribution is 2.36. The Balaban J connectivity index is 1.94. The van der Waals surface area contributed by atoms with E-state index < -0.39 is 12.0 Å². The van der Waals surface area contributed by atoms with Crippen molar-refractivity contribution in [2.45, 2.75) is 33.7 Å². The summed E-state index contributed by atoms with van der Waals surface area (Å²) < 4.78 is 20.2. The molecule has 1 atom stereocenters. The maximum absolute atomic E-state index is 13.7. The van der Waals surface area contributed by atoms with Crippen LogP contribution in [0.5, 0.6) is 11.5 Å². The number of esters is 1. The zero-order valence-electron chi connectivity index (χ0n) is 20.5. The molecule has 0 spiro atoms. The average Bonchev–Trinajstić information content (AvgIpc) is 3.15. The maximum atomic E-state index is 13.7. The van der Waals surface area contributed by atoms with Gasteiger partial charge in [0, 0.05) is 3.57 Å². The molecular formula is C27H27IN2O5S. The Morgan fingerprint density at radius 1 is 1.06 bits per heavy atom. The number of hydrogen-bond acceptors (Lipinski definition) is 7. The number of allylic oxidation sites excluding steroid dienone is 1. The van der Waals surface area contributed by atoms with Gasteiger partial charge in [-0.25, -0.2) is 9.79 Å². The molecule has 1 aliphatic rings. The number of benzene rings is 2. The van der Waals surface area contributed by atoms with Crippen molar-refractivity contribution in [3.05, 3.63) is 88.1 Å². The molecule has 0 unspecified atom stereocenters. The lowest BCUT2D eigenvalue weighted by Crippen LogP contribution is -2.40. The van der Waals surface area contributed by atoms with Crippen LogP contribution in [0, 0.1) is 3.57 Å². The van der Waals surface area contributed by atoms with Crippen LogP contribution < -0.4 is 24.4 Å². The maximum Gasteiger partial charge on any atom is 0.338 e. The van der Waals surface area contributed by atoms with Gasteiger partial charge in [-0.05, 0) is 91.8 Å². The molecule has 0 radical (unpaired) electrons. The lowest BCUT2D eigenvalue weighted by atomic mass is 9.95. The zero-order valence-corrected chi connectivity index (χ0v) is 23.5. The van der Waals surface area contributed by atoms with Crippen molar-refractivity contribution >= 4 is 46.0 Å². The van der Waals surface area contributed by atoms with Crippen LogP contribution in [0.4, 0.5) is 0 Å². The number of carbonyl (C=O) groups is 1. The first kappa shape index (κ1) is 26.2. The van der Waals surface area contributed by atoms with Crippen LogP contribution in [-0.4, -0.2) is 30.4 Å². The SMILES string of the molecule is CCOC(=O)C1=C(C)N=c2s/c(=C\c3ccc(I)cc3)c(=O)n2[C@@H]1c1ccc(OCC)c(OCC)c1. The van der Waals surface area contributed by atoms with E-state index in [1.807, 2.05) is 62.4 Å². The van der Waals surface area contributed by atoms with Gasteiger partial charge in [0.2, 0.25) is 0 Å². The summed E-state index contributed by atoms with van der Waals surface area (Å²) in [6.07, 6.45) is 1.85. The number of aromatic nitrogens is 1. The lowest BCUT2D eigenvalue weighted by Gasteiger charge is -2.25. The monoisotopic (exact) mass is 618 g/mol. The largest absolute Gasteiger partial charge is 0.490 e. The van der Waals surface area contributed by atoms with Gasteiger partial charge in [0.15, 0.2) is 16.3 Å². The number of nitrogens with zero attached hydrogens (tertiary/aromatic N) is 2. The fourth-order valence-corrected chi connectivity index (χ4v) is 5.46. The Kier molecular flexibility index (Phi) is 8.30. The van der Waals surface area contributed by atoms with Crippen LogP contribution >= 0.6 is 33.9 Å². The van der Waals surface area contributed by atoms with Gasteiger partial charge in [-0.1, -0.05) is 29.5 Å². The molecule has 36 heavy (non-hydrogen) atoms. The van der Waals surface area contributed by atoms with Crippen LogP contribution in [0.25, 0.3) is 6.08 Å². The number of thiazole rings is 1. The first-order valence-electron chi connectivity index (χ1n) is 11.7. The first-order chi connectivity index (χ1) is 17.4. The second kappa shape index (κ2) is 11.4. The van der Waals surface area contributed by atoms with E-state index in [2.05, 4.69) is 27.6 Å². The molecule has 2 aromatic carbocycles. The Labute approximate surface area is 226 Å². The van der Waals surface area contributed by atoms with Gasteiger partial charge in [0.25, 0.3) is 5.56 Å². The van der Waals surface area contributed by atoms with Gasteiger partial charge >= 0.3 is 5.97 Å². The summed E-state index contributed by atoms with van der Waals surface area (Å²) in [5.74, 6) is 0.658. The summed E-state index contributed by atoms with van der Waals surface area (Å²) in [7, 11) is 0. The summed E-state index contributed by atoms with van der Waals surface area (Å²) >= 11 is 3.55. The zero-order chi connectivity index (χ0) is 25.8. The molecule has 7 nitrogen and oxygen atoms in total. The van der Waals surface area contributed by atoms with Crippen LogP contribution in [0.2, 0.25) is 0 Å². The standard InChI is InChI=1S/C27H27IN2O5S/c1-5-33-20-13-10-18(15-21(20)34-6-2)24-23(26(32)35-7-3)16(4)29-27-30(24)25(31)22(36-27)14-17-8-11-19(28)12-9-17/h8-15,24H,5-7H2,1-4H3/b22-14-/t24-/m1/s1. The molecule has 0 saturated heterocycles. The van der Waals surface area contributed by atoms with E-state index in [0.717, 1.165) is 9.13 Å². The van der Waals surface area contributed by atoms with E-state index >= 15 is 0 Å². The van der Waals surface area contributed by atoms with Crippen LogP contribution in [0.15, 0.2) is 63.5 Å². The first-order valence-corrected chi connectivity index (χ1v) is 13.6. The Morgan fingerprint density at radius 2 is 1.75 bits per heavy atom. The van der Waals surface area contributed by atoms with Gasteiger partial charge in [-0.2, -0.15) is 0 Å². The summed E-state index contributed by atoms with van der Waals surface area (Å²) in [5, 5.41) is 0. The number of halogens is 1. The van der Waals surface area contributed by atoms with Crippen molar-refractivity contribution < 1.29 is 19.0 Å². The minimum absolute atomic E-state index is 0.215. The van der Waals surface area contributed by atoms with Gasteiger partial charge in [-0.3, -0.25) is 9.36 Å². The molecule has 0 amide bonds. The van der Waals surface area contributed by atoms with Crippen molar-refractivity contribution in [1.82, 2.24) is 4.57 Å². The summed E-state index contributed by atoms with van der Waals surface area (Å²) in [6.45, 7) is 8.47. The lowest BCUT2D eigenvalue weighted by molar-refractivity contribution is -0.139. The smallest absolute Gasteiger partial charge is 0.338 e. The quantitative estimate of drug-likeness (QED) is 0.280. The molecule has 188 valence electrons. The fourth-order valence-electron chi connectivity index (χ4n) is 4.06. The van der Waals surface area contributed by atoms with E-state index in [-0.39, 0.29) is 12.2 Å². The molecule has 0 N–H and O–H groups in total. The van der Waals surface area contributed by atoms with Gasteiger partial charge in [0.1, 0.15) is 0 Å². The van der Waals surface area contributed by atoms with Gasteiger partial charge < -0.3 is 14.2 Å². The summed E-state index contributed by atoms with van der Waals surface area (Å²) in [6, 6.07) is 12.7. The van der Waals surface area contributed by atoms with Crippen molar-refractivity contribution in [3.63, 3.8) is 0 Å². The second-order valence-electron chi connectivity index (χ2n) is 7.93. The molecule has 3 aromatic rings. The van der Waals surface area contributed by atoms with Crippen molar-refractivity contribution in [2.24, 2.45) is 4.99 Å². The molecule has 0 saturated carbocycles. The van der Waals surface area contributed by atoms with Crippen molar-refractivity contribution in [3.8, 4) is 11.5 Å². The average molecular weight is 618 g/mol. The molecule has 0 bridgehead atoms. The Hall–Kier alpha value is -2.92. The van der Waals surface area contributed by atoms with Gasteiger partial charge in [-0.15, -0.1) is 0 Å². The highest BCUT2D eigenvalue weighted by atomic mass is 127. The Morgan fingerprint density at radius 3 is 2.42 bits per heavy atom. The normalized spacial score (nSPS) is 15.4. The highest BCUT2D eigenvalue weighted by Gasteiger charge is 2.34. The van der Waals surface area contributed by atoms with E-state index in [4.69, 9.17) is 14.2 Å². The minimum atomic E-state index is -0.714. The molecule has 4 rings (SSSR count). The topological polar surface area (TPSA) is 79.1 Å². The molecule has 0 fully saturated rings. The predicted octanol–water partition coefficient (Wildman–Crippen LogP) is 4.20. The predicted molar refractivity (Wildman–Crippen MR) is 148 cm³/mol. The third-order valence-corrected chi connectivity index (χ3v) is 7.27. The summed E-state index contributed by atoms with van der Waals surface area (Å²) in [4.78, 5) is 32.0. The van der Waals surface area contributed by atoms with Crippen molar-refractivity contribution in [1.29, 1.82) is 0 Å². The highest BCUT2D eigenvalue weighted by molar-refractivity contribution is 14.1. The molecule has 2 heterocycles.